The number of hydrogen-bond acceptors (Lipinski definition) is 7. The normalized spacial score (nSPS) is 8.77. The number of nitrogen functional groups attached to an aromatic ring is 3. The maximum absolute atomic E-state index is 10.5. The Balaban J connectivity index is 0.000000310. The van der Waals surface area contributed by atoms with E-state index in [-0.39, 0.29) is 17.8 Å². The third kappa shape index (κ3) is 5.56. The highest BCUT2D eigenvalue weighted by molar-refractivity contribution is 5.33. The molecule has 0 aliphatic rings. The van der Waals surface area contributed by atoms with E-state index in [1.165, 1.54) is 7.11 Å². The fourth-order valence-electron chi connectivity index (χ4n) is 0.427. The fourth-order valence-corrected chi connectivity index (χ4v) is 0.427. The molecule has 0 bridgehead atoms. The monoisotopic (exact) mass is 190 g/mol. The van der Waals surface area contributed by atoms with Gasteiger partial charge in [0.15, 0.2) is 6.86 Å². The van der Waals surface area contributed by atoms with Crippen LogP contribution in [0.2, 0.25) is 0 Å². The SMILES string of the molecule is COCF.Nc1nc(N)nc(N)n1. The highest BCUT2D eigenvalue weighted by atomic mass is 19.1. The average Bonchev–Trinajstić information content (AvgIpc) is 2.02. The third-order valence-corrected chi connectivity index (χ3v) is 0.796. The molecule has 0 atom stereocenters. The topological polar surface area (TPSA) is 126 Å². The number of alkyl halides is 1. The van der Waals surface area contributed by atoms with E-state index in [9.17, 15) is 4.39 Å². The van der Waals surface area contributed by atoms with Crippen LogP contribution in [0.15, 0.2) is 0 Å². The second-order valence-electron chi connectivity index (χ2n) is 1.81. The number of halogens is 1. The van der Waals surface area contributed by atoms with Gasteiger partial charge < -0.3 is 21.9 Å². The molecule has 1 rings (SSSR count). The van der Waals surface area contributed by atoms with Crippen molar-refractivity contribution >= 4 is 17.8 Å². The fraction of sp³-hybridized carbons (Fsp3) is 0.400. The molecule has 0 amide bonds. The van der Waals surface area contributed by atoms with Gasteiger partial charge in [-0.1, -0.05) is 0 Å². The average molecular weight is 190 g/mol. The number of ether oxygens (including phenoxy) is 1. The molecule has 0 aliphatic heterocycles. The van der Waals surface area contributed by atoms with E-state index in [2.05, 4.69) is 19.7 Å². The number of rotatable bonds is 1. The molecular weight excluding hydrogens is 179 g/mol. The van der Waals surface area contributed by atoms with Gasteiger partial charge >= 0.3 is 0 Å². The zero-order chi connectivity index (χ0) is 10.3. The number of nitrogens with zero attached hydrogens (tertiary/aromatic N) is 3. The summed E-state index contributed by atoms with van der Waals surface area (Å²) < 4.78 is 14.4. The van der Waals surface area contributed by atoms with Crippen LogP contribution in [0, 0.1) is 0 Å². The minimum absolute atomic E-state index is 0.0417. The lowest BCUT2D eigenvalue weighted by atomic mass is 10.9. The summed E-state index contributed by atoms with van der Waals surface area (Å²) in [7, 11) is 1.31. The van der Waals surface area contributed by atoms with Crippen LogP contribution in [0.4, 0.5) is 22.2 Å². The first kappa shape index (κ1) is 11.3. The molecular formula is C5H11FN6O. The van der Waals surface area contributed by atoms with Gasteiger partial charge in [-0.2, -0.15) is 15.0 Å². The van der Waals surface area contributed by atoms with Gasteiger partial charge in [0.25, 0.3) is 0 Å². The van der Waals surface area contributed by atoms with Crippen molar-refractivity contribution < 1.29 is 9.13 Å². The first-order chi connectivity index (χ1) is 6.10. The van der Waals surface area contributed by atoms with E-state index in [1.807, 2.05) is 0 Å². The van der Waals surface area contributed by atoms with E-state index in [1.54, 1.807) is 0 Å². The number of nitrogens with two attached hydrogens (primary N) is 3. The molecule has 0 aliphatic carbocycles. The predicted molar refractivity (Wildman–Crippen MR) is 46.0 cm³/mol. The van der Waals surface area contributed by atoms with E-state index in [0.29, 0.717) is 0 Å². The Hall–Kier alpha value is -1.70. The summed E-state index contributed by atoms with van der Waals surface area (Å²) >= 11 is 0. The van der Waals surface area contributed by atoms with Crippen LogP contribution >= 0.6 is 0 Å². The second-order valence-corrected chi connectivity index (χ2v) is 1.81. The van der Waals surface area contributed by atoms with Crippen LogP contribution in [0.1, 0.15) is 0 Å². The van der Waals surface area contributed by atoms with Gasteiger partial charge in [0, 0.05) is 7.11 Å². The zero-order valence-corrected chi connectivity index (χ0v) is 7.07. The zero-order valence-electron chi connectivity index (χ0n) is 7.07. The van der Waals surface area contributed by atoms with Crippen molar-refractivity contribution in [1.82, 2.24) is 15.0 Å². The number of aromatic nitrogens is 3. The molecule has 0 radical (unpaired) electrons. The summed E-state index contributed by atoms with van der Waals surface area (Å²) in [4.78, 5) is 10.5. The molecule has 0 aromatic carbocycles. The van der Waals surface area contributed by atoms with Gasteiger partial charge in [-0.25, -0.2) is 4.39 Å². The quantitative estimate of drug-likeness (QED) is 0.527. The van der Waals surface area contributed by atoms with Gasteiger partial charge in [-0.05, 0) is 0 Å². The molecule has 0 unspecified atom stereocenters. The van der Waals surface area contributed by atoms with Crippen LogP contribution in [0.25, 0.3) is 0 Å². The standard InChI is InChI=1S/C3H6N6.C2H5FO/c4-1-7-2(5)9-3(6)8-1;1-4-2-3/h(H6,4,5,6,7,8,9);2H2,1H3. The minimum atomic E-state index is -0.681. The highest BCUT2D eigenvalue weighted by Gasteiger charge is 1.93. The van der Waals surface area contributed by atoms with E-state index >= 15 is 0 Å². The summed E-state index contributed by atoms with van der Waals surface area (Å²) in [5.74, 6) is 0.125. The molecule has 8 heteroatoms. The van der Waals surface area contributed by atoms with Crippen LogP contribution in [0.3, 0.4) is 0 Å². The van der Waals surface area contributed by atoms with E-state index < -0.39 is 6.86 Å². The molecule has 1 aromatic heterocycles. The van der Waals surface area contributed by atoms with Crippen molar-refractivity contribution in [1.29, 1.82) is 0 Å². The maximum Gasteiger partial charge on any atom is 0.226 e. The summed E-state index contributed by atoms with van der Waals surface area (Å²) in [6.45, 7) is -0.681. The van der Waals surface area contributed by atoms with Crippen molar-refractivity contribution in [2.75, 3.05) is 31.2 Å². The molecule has 13 heavy (non-hydrogen) atoms. The highest BCUT2D eigenvalue weighted by Crippen LogP contribution is 1.97. The van der Waals surface area contributed by atoms with Gasteiger partial charge in [0.05, 0.1) is 0 Å². The van der Waals surface area contributed by atoms with Crippen molar-refractivity contribution in [3.05, 3.63) is 0 Å². The Morgan fingerprint density at radius 3 is 1.46 bits per heavy atom. The molecule has 74 valence electrons. The van der Waals surface area contributed by atoms with Crippen LogP contribution in [0.5, 0.6) is 0 Å². The van der Waals surface area contributed by atoms with Gasteiger partial charge in [0.1, 0.15) is 0 Å². The molecule has 0 saturated heterocycles. The molecule has 1 aromatic rings. The van der Waals surface area contributed by atoms with Crippen molar-refractivity contribution in [2.45, 2.75) is 0 Å². The van der Waals surface area contributed by atoms with Crippen molar-refractivity contribution in [2.24, 2.45) is 0 Å². The predicted octanol–water partition coefficient (Wildman–Crippen LogP) is -0.822. The summed E-state index contributed by atoms with van der Waals surface area (Å²) in [6.07, 6.45) is 0. The summed E-state index contributed by atoms with van der Waals surface area (Å²) in [5.41, 5.74) is 15.4. The van der Waals surface area contributed by atoms with Gasteiger partial charge in [-0.3, -0.25) is 0 Å². The van der Waals surface area contributed by atoms with Gasteiger partial charge in [0.2, 0.25) is 17.8 Å². The molecule has 6 N–H and O–H groups in total. The minimum Gasteiger partial charge on any atom is -0.368 e. The summed E-state index contributed by atoms with van der Waals surface area (Å²) in [6, 6.07) is 0. The third-order valence-electron chi connectivity index (χ3n) is 0.796. The Labute approximate surface area is 74.1 Å². The molecule has 0 spiro atoms. The van der Waals surface area contributed by atoms with Crippen molar-refractivity contribution in [3.8, 4) is 0 Å². The lowest BCUT2D eigenvalue weighted by Crippen LogP contribution is -2.05. The molecule has 1 heterocycles. The van der Waals surface area contributed by atoms with Gasteiger partial charge in [-0.15, -0.1) is 0 Å². The Morgan fingerprint density at radius 2 is 1.31 bits per heavy atom. The first-order valence-electron chi connectivity index (χ1n) is 3.17. The first-order valence-corrected chi connectivity index (χ1v) is 3.17. The molecule has 7 nitrogen and oxygen atoms in total. The maximum atomic E-state index is 10.5. The number of methoxy groups -OCH3 is 1. The molecule has 0 fully saturated rings. The Bertz CT molecular complexity index is 204. The van der Waals surface area contributed by atoms with E-state index in [0.717, 1.165) is 0 Å². The lowest BCUT2D eigenvalue weighted by molar-refractivity contribution is 0.104. The summed E-state index contributed by atoms with van der Waals surface area (Å²) in [5, 5.41) is 0. The van der Waals surface area contributed by atoms with Crippen LogP contribution < -0.4 is 17.2 Å². The largest absolute Gasteiger partial charge is 0.368 e. The Morgan fingerprint density at radius 1 is 1.08 bits per heavy atom. The molecule has 0 saturated carbocycles. The number of anilines is 3. The smallest absolute Gasteiger partial charge is 0.226 e. The number of hydrogen-bond donors (Lipinski definition) is 3. The lowest BCUT2D eigenvalue weighted by Gasteiger charge is -1.93. The second kappa shape index (κ2) is 5.89. The Kier molecular flexibility index (Phi) is 5.12. The van der Waals surface area contributed by atoms with Crippen LogP contribution in [-0.4, -0.2) is 28.9 Å². The van der Waals surface area contributed by atoms with Crippen molar-refractivity contribution in [3.63, 3.8) is 0 Å². The van der Waals surface area contributed by atoms with E-state index in [4.69, 9.17) is 17.2 Å². The van der Waals surface area contributed by atoms with Crippen LogP contribution in [-0.2, 0) is 4.74 Å².